The van der Waals surface area contributed by atoms with Crippen molar-refractivity contribution in [3.63, 3.8) is 0 Å². The van der Waals surface area contributed by atoms with Gasteiger partial charge in [0.1, 0.15) is 16.0 Å². The predicted molar refractivity (Wildman–Crippen MR) is 278 cm³/mol. The molecule has 0 saturated heterocycles. The van der Waals surface area contributed by atoms with Crippen molar-refractivity contribution in [3.8, 4) is 0 Å². The molecule has 0 aliphatic carbocycles. The first-order valence-corrected chi connectivity index (χ1v) is 22.7. The number of thiocarbonyl (C=S) groups is 2. The molecular weight excluding hydrogens is 1040 g/mol. The Bertz CT molecular complexity index is 2550. The Kier molecular flexibility index (Phi) is 23.2. The maximum absolute atomic E-state index is 12.5. The molecule has 0 spiro atoms. The van der Waals surface area contributed by atoms with Crippen molar-refractivity contribution >= 4 is 139 Å². The van der Waals surface area contributed by atoms with E-state index >= 15 is 0 Å². The number of nitrogens with one attached hydrogen (secondary N) is 4. The van der Waals surface area contributed by atoms with Crippen LogP contribution in [0.1, 0.15) is 61.5 Å². The second kappa shape index (κ2) is 27.2. The number of benzene rings is 6. The van der Waals surface area contributed by atoms with Crippen molar-refractivity contribution in [1.82, 2.24) is 10.6 Å². The van der Waals surface area contributed by atoms with Gasteiger partial charge < -0.3 is 36.3 Å². The zero-order chi connectivity index (χ0) is 48.2. The van der Waals surface area contributed by atoms with E-state index in [1.54, 1.807) is 109 Å². The number of carbonyl (C=O) groups is 4. The van der Waals surface area contributed by atoms with Crippen LogP contribution in [0.2, 0.25) is 30.1 Å². The summed E-state index contributed by atoms with van der Waals surface area (Å²) in [5.74, 6) is -3.24. The van der Waals surface area contributed by atoms with Gasteiger partial charge in [-0.1, -0.05) is 162 Å². The minimum absolute atomic E-state index is 0. The van der Waals surface area contributed by atoms with Crippen molar-refractivity contribution in [2.45, 2.75) is 46.2 Å². The summed E-state index contributed by atoms with van der Waals surface area (Å²) in [7, 11) is 0. The predicted octanol–water partition coefficient (Wildman–Crippen LogP) is 8.64. The van der Waals surface area contributed by atoms with Crippen LogP contribution in [0.25, 0.3) is 0 Å². The van der Waals surface area contributed by atoms with Crippen LogP contribution in [-0.2, 0) is 22.4 Å². The third-order valence-corrected chi connectivity index (χ3v) is 12.3. The van der Waals surface area contributed by atoms with Crippen molar-refractivity contribution in [3.05, 3.63) is 196 Å². The normalized spacial score (nSPS) is 11.2. The standard InChI is InChI=1S/2C24H19Cl3N2O3S.CH4.Na/c2*1-13-4-2-5-16(25)20(13)23(33)29-19(24(31)32)12-14-8-10-15(11-9-14)28-22(30)21-17(26)6-3-7-18(21)27;;/h2*2-11,19H,12H2,1H3,(H,28,30)(H,29,33)(H,31,32);1H4;/q;;;+1/p-1. The molecule has 2 unspecified atom stereocenters. The fraction of sp³-hybridized carbons (Fsp3) is 0.143. The first-order chi connectivity index (χ1) is 31.3. The molecule has 6 aromatic rings. The smallest absolute Gasteiger partial charge is 0.548 e. The first kappa shape index (κ1) is 58.0. The van der Waals surface area contributed by atoms with E-state index in [1.165, 1.54) is 0 Å². The molecule has 10 nitrogen and oxygen atoms in total. The number of carboxylic acid groups (broad SMARTS) is 2. The molecule has 6 rings (SSSR count). The van der Waals surface area contributed by atoms with E-state index < -0.39 is 35.8 Å². The van der Waals surface area contributed by atoms with Gasteiger partial charge in [0.2, 0.25) is 0 Å². The van der Waals surface area contributed by atoms with Crippen LogP contribution in [0.4, 0.5) is 11.4 Å². The first-order valence-electron chi connectivity index (χ1n) is 19.6. The Labute approximate surface area is 457 Å². The number of amides is 2. The summed E-state index contributed by atoms with van der Waals surface area (Å²) < 4.78 is 0. The van der Waals surface area contributed by atoms with E-state index in [0.717, 1.165) is 16.7 Å². The van der Waals surface area contributed by atoms with Crippen LogP contribution in [0.3, 0.4) is 0 Å². The number of aliphatic carboxylic acids is 2. The number of halogens is 6. The Hall–Kier alpha value is -4.28. The van der Waals surface area contributed by atoms with Gasteiger partial charge in [0.25, 0.3) is 11.8 Å². The number of hydrogen-bond acceptors (Lipinski definition) is 7. The number of anilines is 2. The van der Waals surface area contributed by atoms with Gasteiger partial charge in [0.15, 0.2) is 0 Å². The molecule has 5 N–H and O–H groups in total. The van der Waals surface area contributed by atoms with Crippen molar-refractivity contribution in [2.24, 2.45) is 0 Å². The molecule has 0 heterocycles. The van der Waals surface area contributed by atoms with Crippen LogP contribution >= 0.6 is 94.0 Å². The van der Waals surface area contributed by atoms with E-state index in [2.05, 4.69) is 21.3 Å². The molecule has 0 saturated carbocycles. The third kappa shape index (κ3) is 15.9. The number of carboxylic acids is 2. The maximum Gasteiger partial charge on any atom is 1.00 e. The van der Waals surface area contributed by atoms with E-state index in [0.29, 0.717) is 38.1 Å². The molecule has 6 aromatic carbocycles. The summed E-state index contributed by atoms with van der Waals surface area (Å²) in [4.78, 5) is 49.1. The van der Waals surface area contributed by atoms with E-state index in [9.17, 15) is 29.4 Å². The van der Waals surface area contributed by atoms with E-state index in [-0.39, 0.29) is 91.0 Å². The molecular formula is C49H41Cl6N4NaO6S2. The Morgan fingerprint density at radius 2 is 0.809 bits per heavy atom. The molecule has 0 aromatic heterocycles. The quantitative estimate of drug-likeness (QED) is 0.0528. The SMILES string of the molecule is C.Cc1cccc(Cl)c1C(=S)NC(Cc1ccc(NC(=O)c2c(Cl)cccc2Cl)cc1)C(=O)O.Cc1cccc(Cl)c1C(=S)NC(Cc1ccc(NC(=O)c2c(Cl)cccc2Cl)cc1)C(=O)[O-].[Na+]. The van der Waals surface area contributed by atoms with Crippen LogP contribution < -0.4 is 55.9 Å². The molecule has 0 aliphatic rings. The van der Waals surface area contributed by atoms with E-state index in [1.807, 2.05) is 26.0 Å². The second-order valence-electron chi connectivity index (χ2n) is 14.5. The molecule has 0 fully saturated rings. The Balaban J connectivity index is 0.000000350. The third-order valence-electron chi connectivity index (χ3n) is 9.77. The maximum atomic E-state index is 12.5. The summed E-state index contributed by atoms with van der Waals surface area (Å²) in [6.45, 7) is 3.69. The largest absolute Gasteiger partial charge is 1.00 e. The molecule has 0 aliphatic heterocycles. The number of aryl methyl sites for hydroxylation is 2. The van der Waals surface area contributed by atoms with Gasteiger partial charge in [-0.15, -0.1) is 0 Å². The van der Waals surface area contributed by atoms with Gasteiger partial charge in [-0.3, -0.25) is 9.59 Å². The van der Waals surface area contributed by atoms with Crippen LogP contribution in [0.15, 0.2) is 121 Å². The zero-order valence-electron chi connectivity index (χ0n) is 35.7. The van der Waals surface area contributed by atoms with Crippen LogP contribution in [0.5, 0.6) is 0 Å². The Morgan fingerprint density at radius 1 is 0.515 bits per heavy atom. The van der Waals surface area contributed by atoms with Crippen molar-refractivity contribution < 1.29 is 58.9 Å². The molecule has 19 heteroatoms. The van der Waals surface area contributed by atoms with Gasteiger partial charge in [0, 0.05) is 28.9 Å². The van der Waals surface area contributed by atoms with Crippen molar-refractivity contribution in [2.75, 3.05) is 10.6 Å². The van der Waals surface area contributed by atoms with Crippen molar-refractivity contribution in [1.29, 1.82) is 0 Å². The van der Waals surface area contributed by atoms with Crippen LogP contribution in [-0.4, -0.2) is 50.9 Å². The minimum atomic E-state index is -1.30. The zero-order valence-corrected chi connectivity index (χ0v) is 43.9. The summed E-state index contributed by atoms with van der Waals surface area (Å²) >= 11 is 47.6. The van der Waals surface area contributed by atoms with Gasteiger partial charge in [-0.2, -0.15) is 0 Å². The molecule has 348 valence electrons. The fourth-order valence-corrected chi connectivity index (χ4v) is 9.14. The molecule has 2 atom stereocenters. The van der Waals surface area contributed by atoms with Gasteiger partial charge >= 0.3 is 35.5 Å². The molecule has 0 bridgehead atoms. The van der Waals surface area contributed by atoms with E-state index in [4.69, 9.17) is 94.0 Å². The van der Waals surface area contributed by atoms with Crippen LogP contribution in [0, 0.1) is 13.8 Å². The summed E-state index contributed by atoms with van der Waals surface area (Å²) in [5, 5.41) is 34.4. The second-order valence-corrected chi connectivity index (χ2v) is 17.7. The average Bonchev–Trinajstić information content (AvgIpc) is 3.24. The monoisotopic (exact) mass is 1080 g/mol. The average molecular weight is 1080 g/mol. The van der Waals surface area contributed by atoms with Gasteiger partial charge in [-0.05, 0) is 103 Å². The summed E-state index contributed by atoms with van der Waals surface area (Å²) in [6.07, 6.45) is 0.278. The molecule has 68 heavy (non-hydrogen) atoms. The summed E-state index contributed by atoms with van der Waals surface area (Å²) in [5.41, 5.74) is 5.68. The minimum Gasteiger partial charge on any atom is -0.548 e. The Morgan fingerprint density at radius 3 is 1.12 bits per heavy atom. The van der Waals surface area contributed by atoms with Gasteiger partial charge in [-0.25, -0.2) is 4.79 Å². The summed E-state index contributed by atoms with van der Waals surface area (Å²) in [6, 6.07) is 31.8. The number of rotatable bonds is 14. The number of hydrogen-bond donors (Lipinski definition) is 5. The van der Waals surface area contributed by atoms with Gasteiger partial charge in [0.05, 0.1) is 53.3 Å². The molecule has 0 radical (unpaired) electrons. The fourth-order valence-electron chi connectivity index (χ4n) is 6.43. The topological polar surface area (TPSA) is 160 Å². The molecule has 2 amide bonds. The number of carbonyl (C=O) groups excluding carboxylic acids is 3.